The molecule has 0 unspecified atom stereocenters. The average Bonchev–Trinajstić information content (AvgIpc) is 3.03. The SMILES string of the molecule is CCOC(=O)c1cnn(C)c1NC(=O)c1nn(-c2ccc(Br)cc2)c(=O)cc1O. The molecule has 29 heavy (non-hydrogen) atoms. The third-order valence-corrected chi connectivity index (χ3v) is 4.39. The van der Waals surface area contributed by atoms with E-state index in [1.165, 1.54) is 17.9 Å². The Labute approximate surface area is 172 Å². The monoisotopic (exact) mass is 461 g/mol. The number of anilines is 1. The minimum absolute atomic E-state index is 0.0448. The van der Waals surface area contributed by atoms with E-state index >= 15 is 0 Å². The maximum absolute atomic E-state index is 12.7. The number of nitrogens with one attached hydrogen (secondary N) is 1. The van der Waals surface area contributed by atoms with Crippen molar-refractivity contribution < 1.29 is 19.4 Å². The van der Waals surface area contributed by atoms with Gasteiger partial charge in [-0.15, -0.1) is 0 Å². The van der Waals surface area contributed by atoms with Crippen molar-refractivity contribution >= 4 is 33.6 Å². The Morgan fingerprint density at radius 3 is 2.62 bits per heavy atom. The lowest BCUT2D eigenvalue weighted by Gasteiger charge is -2.11. The second kappa shape index (κ2) is 8.27. The highest BCUT2D eigenvalue weighted by Crippen LogP contribution is 2.19. The molecule has 0 atom stereocenters. The number of amides is 1. The van der Waals surface area contributed by atoms with E-state index < -0.39 is 28.9 Å². The van der Waals surface area contributed by atoms with E-state index in [2.05, 4.69) is 31.4 Å². The summed E-state index contributed by atoms with van der Waals surface area (Å²) in [5.41, 5.74) is -0.568. The summed E-state index contributed by atoms with van der Waals surface area (Å²) in [5, 5.41) is 20.5. The van der Waals surface area contributed by atoms with Gasteiger partial charge in [0.05, 0.1) is 18.5 Å². The van der Waals surface area contributed by atoms with Gasteiger partial charge in [0.25, 0.3) is 11.5 Å². The Kier molecular flexibility index (Phi) is 5.78. The van der Waals surface area contributed by atoms with Gasteiger partial charge >= 0.3 is 5.97 Å². The molecule has 1 amide bonds. The molecular weight excluding hydrogens is 446 g/mol. The number of rotatable bonds is 5. The van der Waals surface area contributed by atoms with Crippen LogP contribution in [0.3, 0.4) is 0 Å². The molecule has 1 aromatic carbocycles. The smallest absolute Gasteiger partial charge is 0.343 e. The van der Waals surface area contributed by atoms with Gasteiger partial charge < -0.3 is 15.2 Å². The van der Waals surface area contributed by atoms with Gasteiger partial charge in [-0.2, -0.15) is 14.9 Å². The van der Waals surface area contributed by atoms with Gasteiger partial charge in [-0.1, -0.05) is 15.9 Å². The molecule has 10 nitrogen and oxygen atoms in total. The third-order valence-electron chi connectivity index (χ3n) is 3.86. The van der Waals surface area contributed by atoms with Gasteiger partial charge in [-0.3, -0.25) is 14.3 Å². The van der Waals surface area contributed by atoms with Crippen molar-refractivity contribution in [3.63, 3.8) is 0 Å². The van der Waals surface area contributed by atoms with Gasteiger partial charge in [0.2, 0.25) is 0 Å². The van der Waals surface area contributed by atoms with E-state index in [0.717, 1.165) is 15.2 Å². The molecule has 2 N–H and O–H groups in total. The van der Waals surface area contributed by atoms with Crippen LogP contribution in [-0.2, 0) is 11.8 Å². The molecule has 3 aromatic rings. The van der Waals surface area contributed by atoms with Crippen molar-refractivity contribution in [2.24, 2.45) is 7.05 Å². The van der Waals surface area contributed by atoms with Gasteiger partial charge in [0, 0.05) is 17.6 Å². The largest absolute Gasteiger partial charge is 0.505 e. The first-order chi connectivity index (χ1) is 13.8. The number of carbonyl (C=O) groups is 2. The lowest BCUT2D eigenvalue weighted by molar-refractivity contribution is 0.0527. The van der Waals surface area contributed by atoms with Gasteiger partial charge in [0.15, 0.2) is 11.4 Å². The Morgan fingerprint density at radius 1 is 1.28 bits per heavy atom. The molecule has 0 spiro atoms. The van der Waals surface area contributed by atoms with Gasteiger partial charge in [-0.05, 0) is 31.2 Å². The quantitative estimate of drug-likeness (QED) is 0.554. The van der Waals surface area contributed by atoms with Crippen molar-refractivity contribution in [3.05, 3.63) is 62.6 Å². The summed E-state index contributed by atoms with van der Waals surface area (Å²) in [6, 6.07) is 7.54. The summed E-state index contributed by atoms with van der Waals surface area (Å²) in [6.45, 7) is 1.81. The van der Waals surface area contributed by atoms with E-state index in [1.54, 1.807) is 31.2 Å². The van der Waals surface area contributed by atoms with Gasteiger partial charge in [-0.25, -0.2) is 4.79 Å². The van der Waals surface area contributed by atoms with Crippen molar-refractivity contribution in [2.45, 2.75) is 6.92 Å². The third kappa shape index (κ3) is 4.19. The number of hydrogen-bond donors (Lipinski definition) is 2. The molecule has 0 aliphatic carbocycles. The number of nitrogens with zero attached hydrogens (tertiary/aromatic N) is 4. The maximum atomic E-state index is 12.7. The van der Waals surface area contributed by atoms with E-state index in [0.29, 0.717) is 5.69 Å². The topological polar surface area (TPSA) is 128 Å². The number of aromatic nitrogens is 4. The zero-order chi connectivity index (χ0) is 21.1. The first-order valence-corrected chi connectivity index (χ1v) is 9.21. The summed E-state index contributed by atoms with van der Waals surface area (Å²) >= 11 is 3.30. The lowest BCUT2D eigenvalue weighted by atomic mass is 10.3. The first-order valence-electron chi connectivity index (χ1n) is 8.41. The number of halogens is 1. The molecule has 11 heteroatoms. The highest BCUT2D eigenvalue weighted by molar-refractivity contribution is 9.10. The predicted octanol–water partition coefficient (Wildman–Crippen LogP) is 1.86. The maximum Gasteiger partial charge on any atom is 0.343 e. The van der Waals surface area contributed by atoms with Crippen LogP contribution in [0.1, 0.15) is 27.8 Å². The van der Waals surface area contributed by atoms with E-state index in [4.69, 9.17) is 4.74 Å². The number of esters is 1. The predicted molar refractivity (Wildman–Crippen MR) is 106 cm³/mol. The standard InChI is InChI=1S/C18H16BrN5O5/c1-3-29-18(28)12-9-20-23(2)16(12)21-17(27)15-13(25)8-14(26)24(22-15)11-6-4-10(19)5-7-11/h4-9,25H,3H2,1-2H3,(H,21,27). The molecule has 150 valence electrons. The number of benzene rings is 1. The second-order valence-corrected chi connectivity index (χ2v) is 6.73. The van der Waals surface area contributed by atoms with Crippen LogP contribution >= 0.6 is 15.9 Å². The number of aryl methyl sites for hydroxylation is 1. The van der Waals surface area contributed by atoms with Crippen LogP contribution in [0.15, 0.2) is 45.8 Å². The molecular formula is C18H16BrN5O5. The number of hydrogen-bond acceptors (Lipinski definition) is 7. The fourth-order valence-electron chi connectivity index (χ4n) is 2.49. The molecule has 0 saturated heterocycles. The van der Waals surface area contributed by atoms with Crippen LogP contribution in [-0.4, -0.2) is 43.2 Å². The van der Waals surface area contributed by atoms with E-state index in [-0.39, 0.29) is 18.0 Å². The molecule has 0 bridgehead atoms. The summed E-state index contributed by atoms with van der Waals surface area (Å²) in [5.74, 6) is -2.02. The molecule has 0 aliphatic rings. The lowest BCUT2D eigenvalue weighted by Crippen LogP contribution is -2.26. The zero-order valence-corrected chi connectivity index (χ0v) is 17.0. The average molecular weight is 462 g/mol. The first kappa shape index (κ1) is 20.3. The number of ether oxygens (including phenoxy) is 1. The van der Waals surface area contributed by atoms with Crippen molar-refractivity contribution in [3.8, 4) is 11.4 Å². The highest BCUT2D eigenvalue weighted by Gasteiger charge is 2.23. The second-order valence-electron chi connectivity index (χ2n) is 5.81. The van der Waals surface area contributed by atoms with Crippen molar-refractivity contribution in [1.82, 2.24) is 19.6 Å². The van der Waals surface area contributed by atoms with Crippen LogP contribution in [0.25, 0.3) is 5.69 Å². The fraction of sp³-hybridized carbons (Fsp3) is 0.167. The molecule has 2 aromatic heterocycles. The molecule has 0 fully saturated rings. The summed E-state index contributed by atoms with van der Waals surface area (Å²) in [6.07, 6.45) is 1.25. The summed E-state index contributed by atoms with van der Waals surface area (Å²) in [7, 11) is 1.52. The van der Waals surface area contributed by atoms with Crippen molar-refractivity contribution in [1.29, 1.82) is 0 Å². The zero-order valence-electron chi connectivity index (χ0n) is 15.4. The number of aromatic hydroxyl groups is 1. The normalized spacial score (nSPS) is 10.6. The summed E-state index contributed by atoms with van der Waals surface area (Å²) < 4.78 is 7.99. The van der Waals surface area contributed by atoms with Crippen LogP contribution < -0.4 is 10.9 Å². The molecule has 2 heterocycles. The minimum Gasteiger partial charge on any atom is -0.505 e. The molecule has 3 rings (SSSR count). The molecule has 0 aliphatic heterocycles. The minimum atomic E-state index is -0.831. The van der Waals surface area contributed by atoms with E-state index in [9.17, 15) is 19.5 Å². The fourth-order valence-corrected chi connectivity index (χ4v) is 2.75. The summed E-state index contributed by atoms with van der Waals surface area (Å²) in [4.78, 5) is 37.0. The van der Waals surface area contributed by atoms with Crippen molar-refractivity contribution in [2.75, 3.05) is 11.9 Å². The number of carbonyl (C=O) groups excluding carboxylic acids is 2. The van der Waals surface area contributed by atoms with Crippen LogP contribution in [0.5, 0.6) is 5.75 Å². The van der Waals surface area contributed by atoms with E-state index in [1.807, 2.05) is 0 Å². The Bertz CT molecular complexity index is 1140. The Hall–Kier alpha value is -3.47. The Morgan fingerprint density at radius 2 is 1.97 bits per heavy atom. The van der Waals surface area contributed by atoms with Gasteiger partial charge in [0.1, 0.15) is 11.4 Å². The highest BCUT2D eigenvalue weighted by atomic mass is 79.9. The Balaban J connectivity index is 1.98. The van der Waals surface area contributed by atoms with Crippen LogP contribution in [0.2, 0.25) is 0 Å². The van der Waals surface area contributed by atoms with Crippen LogP contribution in [0, 0.1) is 0 Å². The molecule has 0 radical (unpaired) electrons. The van der Waals surface area contributed by atoms with Crippen LogP contribution in [0.4, 0.5) is 5.82 Å². The molecule has 0 saturated carbocycles.